The standard InChI is InChI=1S/C12H10N2O3/c1-7-13-6-10(11(14-7)12(16)17)8-3-2-4-9(15)5-8/h2-6,15H,1H3,(H,16,17). The van der Waals surface area contributed by atoms with E-state index in [-0.39, 0.29) is 11.4 Å². The lowest BCUT2D eigenvalue weighted by molar-refractivity contribution is 0.0691. The SMILES string of the molecule is Cc1ncc(-c2cccc(O)c2)c(C(=O)O)n1. The fraction of sp³-hybridized carbons (Fsp3) is 0.0833. The number of rotatable bonds is 2. The number of carboxylic acids is 1. The molecule has 0 amide bonds. The van der Waals surface area contributed by atoms with Crippen molar-refractivity contribution in [1.29, 1.82) is 0 Å². The van der Waals surface area contributed by atoms with Crippen LogP contribution in [0.2, 0.25) is 0 Å². The molecule has 0 unspecified atom stereocenters. The van der Waals surface area contributed by atoms with Gasteiger partial charge in [-0.25, -0.2) is 14.8 Å². The van der Waals surface area contributed by atoms with Crippen LogP contribution in [-0.2, 0) is 0 Å². The van der Waals surface area contributed by atoms with Crippen molar-refractivity contribution in [2.24, 2.45) is 0 Å². The summed E-state index contributed by atoms with van der Waals surface area (Å²) in [5, 5.41) is 18.4. The van der Waals surface area contributed by atoms with Crippen LogP contribution in [0.1, 0.15) is 16.3 Å². The summed E-state index contributed by atoms with van der Waals surface area (Å²) in [6.45, 7) is 1.62. The van der Waals surface area contributed by atoms with Crippen molar-refractivity contribution in [3.8, 4) is 16.9 Å². The number of hydrogen-bond donors (Lipinski definition) is 2. The number of carboxylic acid groups (broad SMARTS) is 1. The molecule has 2 rings (SSSR count). The number of nitrogens with zero attached hydrogens (tertiary/aromatic N) is 2. The molecule has 0 radical (unpaired) electrons. The molecule has 2 aromatic rings. The van der Waals surface area contributed by atoms with Gasteiger partial charge >= 0.3 is 5.97 Å². The van der Waals surface area contributed by atoms with Crippen LogP contribution in [0, 0.1) is 6.92 Å². The minimum Gasteiger partial charge on any atom is -0.508 e. The normalized spacial score (nSPS) is 10.2. The average Bonchev–Trinajstić information content (AvgIpc) is 2.28. The predicted molar refractivity (Wildman–Crippen MR) is 60.8 cm³/mol. The molecule has 0 saturated heterocycles. The second kappa shape index (κ2) is 4.21. The molecule has 0 spiro atoms. The van der Waals surface area contributed by atoms with Crippen molar-refractivity contribution < 1.29 is 15.0 Å². The smallest absolute Gasteiger partial charge is 0.355 e. The summed E-state index contributed by atoms with van der Waals surface area (Å²) in [6, 6.07) is 6.32. The zero-order valence-electron chi connectivity index (χ0n) is 9.08. The largest absolute Gasteiger partial charge is 0.508 e. The first-order chi connectivity index (χ1) is 8.08. The zero-order chi connectivity index (χ0) is 12.4. The molecule has 0 atom stereocenters. The Morgan fingerprint density at radius 3 is 2.76 bits per heavy atom. The van der Waals surface area contributed by atoms with E-state index in [0.29, 0.717) is 17.0 Å². The van der Waals surface area contributed by atoms with Gasteiger partial charge in [-0.3, -0.25) is 0 Å². The third-order valence-electron chi connectivity index (χ3n) is 2.27. The number of carbonyl (C=O) groups is 1. The average molecular weight is 230 g/mol. The van der Waals surface area contributed by atoms with E-state index in [2.05, 4.69) is 9.97 Å². The zero-order valence-corrected chi connectivity index (χ0v) is 9.08. The van der Waals surface area contributed by atoms with Gasteiger partial charge in [0, 0.05) is 11.8 Å². The van der Waals surface area contributed by atoms with Crippen LogP contribution >= 0.6 is 0 Å². The minimum absolute atomic E-state index is 0.0666. The van der Waals surface area contributed by atoms with E-state index in [1.54, 1.807) is 19.1 Å². The second-order valence-electron chi connectivity index (χ2n) is 3.53. The fourth-order valence-electron chi connectivity index (χ4n) is 1.52. The van der Waals surface area contributed by atoms with Crippen LogP contribution in [0.15, 0.2) is 30.5 Å². The van der Waals surface area contributed by atoms with Crippen LogP contribution in [0.25, 0.3) is 11.1 Å². The first-order valence-corrected chi connectivity index (χ1v) is 4.94. The summed E-state index contributed by atoms with van der Waals surface area (Å²) in [6.07, 6.45) is 1.44. The maximum absolute atomic E-state index is 11.1. The third kappa shape index (κ3) is 2.23. The molecule has 0 saturated carbocycles. The van der Waals surface area contributed by atoms with Crippen molar-refractivity contribution in [1.82, 2.24) is 9.97 Å². The summed E-state index contributed by atoms with van der Waals surface area (Å²) in [5.74, 6) is -0.653. The van der Waals surface area contributed by atoms with Crippen molar-refractivity contribution in [3.05, 3.63) is 42.0 Å². The Hall–Kier alpha value is -2.43. The molecule has 0 bridgehead atoms. The molecule has 5 nitrogen and oxygen atoms in total. The van der Waals surface area contributed by atoms with Gasteiger partial charge in [0.2, 0.25) is 0 Å². The summed E-state index contributed by atoms with van der Waals surface area (Å²) >= 11 is 0. The van der Waals surface area contributed by atoms with Gasteiger partial charge in [-0.1, -0.05) is 12.1 Å². The van der Waals surface area contributed by atoms with E-state index >= 15 is 0 Å². The van der Waals surface area contributed by atoms with E-state index < -0.39 is 5.97 Å². The highest BCUT2D eigenvalue weighted by Crippen LogP contribution is 2.25. The van der Waals surface area contributed by atoms with Crippen LogP contribution in [0.3, 0.4) is 0 Å². The topological polar surface area (TPSA) is 83.3 Å². The highest BCUT2D eigenvalue weighted by Gasteiger charge is 2.14. The molecule has 86 valence electrons. The number of aromatic nitrogens is 2. The van der Waals surface area contributed by atoms with Gasteiger partial charge in [-0.05, 0) is 24.6 Å². The van der Waals surface area contributed by atoms with E-state index in [4.69, 9.17) is 5.11 Å². The van der Waals surface area contributed by atoms with Gasteiger partial charge in [0.15, 0.2) is 5.69 Å². The van der Waals surface area contributed by atoms with Crippen LogP contribution in [-0.4, -0.2) is 26.2 Å². The molecule has 1 heterocycles. The Balaban J connectivity index is 2.63. The molecule has 1 aromatic carbocycles. The van der Waals surface area contributed by atoms with Gasteiger partial charge < -0.3 is 10.2 Å². The van der Waals surface area contributed by atoms with Gasteiger partial charge in [-0.15, -0.1) is 0 Å². The molecule has 0 aliphatic carbocycles. The number of aromatic carboxylic acids is 1. The van der Waals surface area contributed by atoms with E-state index in [9.17, 15) is 9.90 Å². The number of aromatic hydroxyl groups is 1. The number of phenolic OH excluding ortho intramolecular Hbond substituents is 1. The maximum Gasteiger partial charge on any atom is 0.355 e. The van der Waals surface area contributed by atoms with Gasteiger partial charge in [-0.2, -0.15) is 0 Å². The van der Waals surface area contributed by atoms with Crippen molar-refractivity contribution in [3.63, 3.8) is 0 Å². The maximum atomic E-state index is 11.1. The van der Waals surface area contributed by atoms with E-state index in [1.807, 2.05) is 0 Å². The molecule has 0 aliphatic heterocycles. The van der Waals surface area contributed by atoms with Gasteiger partial charge in [0.1, 0.15) is 11.6 Å². The van der Waals surface area contributed by atoms with E-state index in [0.717, 1.165) is 0 Å². The number of benzene rings is 1. The quantitative estimate of drug-likeness (QED) is 0.822. The summed E-state index contributed by atoms with van der Waals surface area (Å²) < 4.78 is 0. The Morgan fingerprint density at radius 1 is 1.35 bits per heavy atom. The van der Waals surface area contributed by atoms with Crippen LogP contribution in [0.5, 0.6) is 5.75 Å². The monoisotopic (exact) mass is 230 g/mol. The molecule has 0 fully saturated rings. The Bertz CT molecular complexity index is 582. The molecule has 1 aromatic heterocycles. The lowest BCUT2D eigenvalue weighted by Crippen LogP contribution is -2.05. The Kier molecular flexibility index (Phi) is 2.74. The van der Waals surface area contributed by atoms with Gasteiger partial charge in [0.05, 0.1) is 0 Å². The molecule has 0 aliphatic rings. The predicted octanol–water partition coefficient (Wildman–Crippen LogP) is 1.86. The summed E-state index contributed by atoms with van der Waals surface area (Å²) in [4.78, 5) is 18.9. The number of phenols is 1. The first kappa shape index (κ1) is 11.1. The number of aryl methyl sites for hydroxylation is 1. The highest BCUT2D eigenvalue weighted by molar-refractivity contribution is 5.93. The summed E-state index contributed by atoms with van der Waals surface area (Å²) in [5.41, 5.74) is 0.893. The molecule has 2 N–H and O–H groups in total. The van der Waals surface area contributed by atoms with Crippen LogP contribution < -0.4 is 0 Å². The first-order valence-electron chi connectivity index (χ1n) is 4.94. The molecule has 5 heteroatoms. The molecular weight excluding hydrogens is 220 g/mol. The van der Waals surface area contributed by atoms with Crippen molar-refractivity contribution in [2.45, 2.75) is 6.92 Å². The third-order valence-corrected chi connectivity index (χ3v) is 2.27. The van der Waals surface area contributed by atoms with E-state index in [1.165, 1.54) is 18.3 Å². The molecular formula is C12H10N2O3. The lowest BCUT2D eigenvalue weighted by Gasteiger charge is -2.06. The fourth-order valence-corrected chi connectivity index (χ4v) is 1.52. The lowest BCUT2D eigenvalue weighted by atomic mass is 10.1. The minimum atomic E-state index is -1.12. The highest BCUT2D eigenvalue weighted by atomic mass is 16.4. The van der Waals surface area contributed by atoms with Crippen LogP contribution in [0.4, 0.5) is 0 Å². The Morgan fingerprint density at radius 2 is 2.12 bits per heavy atom. The second-order valence-corrected chi connectivity index (χ2v) is 3.53. The molecule has 17 heavy (non-hydrogen) atoms. The number of hydrogen-bond acceptors (Lipinski definition) is 4. The summed E-state index contributed by atoms with van der Waals surface area (Å²) in [7, 11) is 0. The Labute approximate surface area is 97.4 Å². The van der Waals surface area contributed by atoms with Crippen molar-refractivity contribution in [2.75, 3.05) is 0 Å². The van der Waals surface area contributed by atoms with Gasteiger partial charge in [0.25, 0.3) is 0 Å². The van der Waals surface area contributed by atoms with Crippen molar-refractivity contribution >= 4 is 5.97 Å².